The lowest BCUT2D eigenvalue weighted by atomic mass is 10.1. The molecule has 0 atom stereocenters. The average molecular weight is 393 g/mol. The third-order valence-corrected chi connectivity index (χ3v) is 5.29. The molecule has 2 heterocycles. The van der Waals surface area contributed by atoms with Crippen molar-refractivity contribution < 1.29 is 4.79 Å². The molecule has 1 aliphatic carbocycles. The van der Waals surface area contributed by atoms with Crippen molar-refractivity contribution in [3.63, 3.8) is 0 Å². The van der Waals surface area contributed by atoms with Crippen molar-refractivity contribution in [2.75, 3.05) is 12.4 Å². The third kappa shape index (κ3) is 4.71. The number of nitrogens with zero attached hydrogens (tertiary/aromatic N) is 5. The Balaban J connectivity index is 1.40. The van der Waals surface area contributed by atoms with Crippen molar-refractivity contribution in [1.82, 2.24) is 30.1 Å². The second-order valence-electron chi connectivity index (χ2n) is 7.73. The Morgan fingerprint density at radius 2 is 2.10 bits per heavy atom. The van der Waals surface area contributed by atoms with Crippen LogP contribution in [0.1, 0.15) is 52.1 Å². The molecule has 0 saturated heterocycles. The summed E-state index contributed by atoms with van der Waals surface area (Å²) in [5.74, 6) is 0.256. The summed E-state index contributed by atoms with van der Waals surface area (Å²) in [4.78, 5) is 16.1. The van der Waals surface area contributed by atoms with Crippen molar-refractivity contribution >= 4 is 11.7 Å². The van der Waals surface area contributed by atoms with E-state index in [1.165, 1.54) is 41.5 Å². The predicted octanol–water partition coefficient (Wildman–Crippen LogP) is 2.69. The maximum absolute atomic E-state index is 12.5. The first kappa shape index (κ1) is 19.3. The van der Waals surface area contributed by atoms with Crippen molar-refractivity contribution in [3.8, 4) is 0 Å². The number of hydrogen-bond donors (Lipinski definition) is 2. The molecule has 4 rings (SSSR count). The van der Waals surface area contributed by atoms with E-state index >= 15 is 0 Å². The van der Waals surface area contributed by atoms with Crippen LogP contribution in [0, 0.1) is 0 Å². The number of nitrogens with one attached hydrogen (secondary N) is 2. The molecule has 0 spiro atoms. The molecule has 1 aromatic carbocycles. The molecule has 29 heavy (non-hydrogen) atoms. The van der Waals surface area contributed by atoms with Gasteiger partial charge in [-0.1, -0.05) is 18.6 Å². The number of aryl methyl sites for hydroxylation is 2. The predicted molar refractivity (Wildman–Crippen MR) is 110 cm³/mol. The van der Waals surface area contributed by atoms with Gasteiger partial charge in [0.25, 0.3) is 5.91 Å². The van der Waals surface area contributed by atoms with Gasteiger partial charge in [-0.25, -0.2) is 0 Å². The van der Waals surface area contributed by atoms with Crippen LogP contribution < -0.4 is 5.32 Å². The van der Waals surface area contributed by atoms with Gasteiger partial charge in [0, 0.05) is 31.4 Å². The van der Waals surface area contributed by atoms with E-state index in [1.807, 2.05) is 24.3 Å². The zero-order valence-corrected chi connectivity index (χ0v) is 17.0. The van der Waals surface area contributed by atoms with Crippen molar-refractivity contribution in [2.45, 2.75) is 45.2 Å². The summed E-state index contributed by atoms with van der Waals surface area (Å²) >= 11 is 0. The van der Waals surface area contributed by atoms with E-state index in [9.17, 15) is 4.79 Å². The SMILES string of the molecule is CN(Cc1cccc(C(=O)Nc2cnn(C)n2)c1)Cc1n[nH]c2c1CCCCC2. The van der Waals surface area contributed by atoms with Crippen LogP contribution in [0.25, 0.3) is 0 Å². The maximum atomic E-state index is 12.5. The number of amides is 1. The summed E-state index contributed by atoms with van der Waals surface area (Å²) in [6.07, 6.45) is 7.53. The van der Waals surface area contributed by atoms with Crippen LogP contribution in [0.15, 0.2) is 30.5 Å². The number of hydrogen-bond acceptors (Lipinski definition) is 5. The van der Waals surface area contributed by atoms with Crippen LogP contribution in [0.4, 0.5) is 5.82 Å². The highest BCUT2D eigenvalue weighted by molar-refractivity contribution is 6.03. The summed E-state index contributed by atoms with van der Waals surface area (Å²) in [6.45, 7) is 1.54. The smallest absolute Gasteiger partial charge is 0.256 e. The second-order valence-corrected chi connectivity index (χ2v) is 7.73. The Labute approximate surface area is 170 Å². The number of fused-ring (bicyclic) bond motifs is 1. The van der Waals surface area contributed by atoms with Gasteiger partial charge in [0.15, 0.2) is 5.82 Å². The van der Waals surface area contributed by atoms with Gasteiger partial charge < -0.3 is 5.32 Å². The lowest BCUT2D eigenvalue weighted by Crippen LogP contribution is -2.19. The van der Waals surface area contributed by atoms with E-state index in [1.54, 1.807) is 7.05 Å². The molecule has 0 radical (unpaired) electrons. The molecule has 1 amide bonds. The summed E-state index contributed by atoms with van der Waals surface area (Å²) < 4.78 is 0. The van der Waals surface area contributed by atoms with Crippen molar-refractivity contribution in [1.29, 1.82) is 0 Å². The Kier molecular flexibility index (Phi) is 5.71. The molecule has 0 unspecified atom stereocenters. The highest BCUT2D eigenvalue weighted by atomic mass is 16.1. The zero-order valence-electron chi connectivity index (χ0n) is 17.0. The summed E-state index contributed by atoms with van der Waals surface area (Å²) in [7, 11) is 3.80. The fourth-order valence-corrected chi connectivity index (χ4v) is 3.88. The average Bonchev–Trinajstić information content (AvgIpc) is 3.19. The highest BCUT2D eigenvalue weighted by Gasteiger charge is 2.17. The molecule has 3 aromatic rings. The molecule has 0 saturated carbocycles. The molecule has 0 fully saturated rings. The second kappa shape index (κ2) is 8.57. The lowest BCUT2D eigenvalue weighted by Gasteiger charge is -2.17. The number of rotatable bonds is 6. The Hall–Kier alpha value is -3.00. The number of carbonyl (C=O) groups excluding carboxylic acids is 1. The van der Waals surface area contributed by atoms with E-state index in [-0.39, 0.29) is 5.91 Å². The molecule has 8 heteroatoms. The minimum Gasteiger partial charge on any atom is -0.304 e. The number of benzene rings is 1. The first-order valence-corrected chi connectivity index (χ1v) is 10.1. The topological polar surface area (TPSA) is 91.7 Å². The van der Waals surface area contributed by atoms with E-state index in [0.29, 0.717) is 11.4 Å². The number of carbonyl (C=O) groups is 1. The number of aromatic nitrogens is 5. The summed E-state index contributed by atoms with van der Waals surface area (Å²) in [5.41, 5.74) is 5.57. The van der Waals surface area contributed by atoms with Crippen molar-refractivity contribution in [2.24, 2.45) is 7.05 Å². The molecule has 0 aliphatic heterocycles. The largest absolute Gasteiger partial charge is 0.304 e. The standard InChI is InChI=1S/C21H27N7O/c1-27(14-19-17-9-4-3-5-10-18(17)24-25-19)13-15-7-6-8-16(11-15)21(29)23-20-12-22-28(2)26-20/h6-8,11-12H,3-5,9-10,13-14H2,1-2H3,(H,24,25)(H,23,26,29). The molecule has 2 aromatic heterocycles. The van der Waals surface area contributed by atoms with Crippen LogP contribution in [-0.2, 0) is 33.0 Å². The van der Waals surface area contributed by atoms with Crippen LogP contribution in [-0.4, -0.2) is 43.0 Å². The first-order valence-electron chi connectivity index (χ1n) is 10.1. The van der Waals surface area contributed by atoms with E-state index in [0.717, 1.165) is 37.2 Å². The monoisotopic (exact) mass is 393 g/mol. The van der Waals surface area contributed by atoms with Gasteiger partial charge in [-0.2, -0.15) is 15.0 Å². The van der Waals surface area contributed by atoms with Gasteiger partial charge in [0.2, 0.25) is 0 Å². The van der Waals surface area contributed by atoms with E-state index in [4.69, 9.17) is 0 Å². The van der Waals surface area contributed by atoms with Gasteiger partial charge in [-0.05, 0) is 56.0 Å². The molecule has 1 aliphatic rings. The molecule has 8 nitrogen and oxygen atoms in total. The minimum atomic E-state index is -0.187. The minimum absolute atomic E-state index is 0.187. The fraction of sp³-hybridized carbons (Fsp3) is 0.429. The number of H-pyrrole nitrogens is 1. The van der Waals surface area contributed by atoms with Gasteiger partial charge >= 0.3 is 0 Å². The van der Waals surface area contributed by atoms with Crippen LogP contribution in [0.5, 0.6) is 0 Å². The van der Waals surface area contributed by atoms with Crippen LogP contribution in [0.2, 0.25) is 0 Å². The Bertz CT molecular complexity index is 991. The van der Waals surface area contributed by atoms with E-state index in [2.05, 4.69) is 37.7 Å². The summed E-state index contributed by atoms with van der Waals surface area (Å²) in [6, 6.07) is 7.69. The quantitative estimate of drug-likeness (QED) is 0.628. The Morgan fingerprint density at radius 1 is 1.24 bits per heavy atom. The van der Waals surface area contributed by atoms with Gasteiger partial charge in [0.05, 0.1) is 11.9 Å². The van der Waals surface area contributed by atoms with Gasteiger partial charge in [-0.3, -0.25) is 14.8 Å². The first-order chi connectivity index (χ1) is 14.1. The maximum Gasteiger partial charge on any atom is 0.256 e. The third-order valence-electron chi connectivity index (χ3n) is 5.29. The number of anilines is 1. The van der Waals surface area contributed by atoms with Gasteiger partial charge in [0.1, 0.15) is 0 Å². The van der Waals surface area contributed by atoms with Crippen LogP contribution in [0.3, 0.4) is 0 Å². The highest BCUT2D eigenvalue weighted by Crippen LogP contribution is 2.22. The number of aromatic amines is 1. The lowest BCUT2D eigenvalue weighted by molar-refractivity contribution is 0.102. The van der Waals surface area contributed by atoms with Crippen LogP contribution >= 0.6 is 0 Å². The van der Waals surface area contributed by atoms with Crippen molar-refractivity contribution in [3.05, 3.63) is 58.5 Å². The molecule has 2 N–H and O–H groups in total. The molecule has 0 bridgehead atoms. The van der Waals surface area contributed by atoms with E-state index < -0.39 is 0 Å². The zero-order chi connectivity index (χ0) is 20.2. The molecular formula is C21H27N7O. The molecular weight excluding hydrogens is 366 g/mol. The summed E-state index contributed by atoms with van der Waals surface area (Å²) in [5, 5.41) is 18.6. The normalized spacial score (nSPS) is 13.9. The molecule has 152 valence electrons. The Morgan fingerprint density at radius 3 is 2.93 bits per heavy atom. The van der Waals surface area contributed by atoms with Gasteiger partial charge in [-0.15, -0.1) is 5.10 Å². The fourth-order valence-electron chi connectivity index (χ4n) is 3.88.